The molecule has 182 valence electrons. The fourth-order valence-electron chi connectivity index (χ4n) is 6.92. The molecule has 5 rings (SSSR count). The maximum absolute atomic E-state index is 13.2. The molecule has 3 unspecified atom stereocenters. The minimum atomic E-state index is -1.26. The van der Waals surface area contributed by atoms with Gasteiger partial charge in [0.05, 0.1) is 11.0 Å². The number of aromatic carboxylic acids is 1. The number of hydrogen-bond donors (Lipinski definition) is 1. The smallest absolute Gasteiger partial charge is 0.360 e. The number of aromatic nitrogens is 2. The molecule has 1 aliphatic heterocycles. The maximum atomic E-state index is 13.2. The van der Waals surface area contributed by atoms with Crippen LogP contribution in [0.15, 0.2) is 40.7 Å². The number of carbonyl (C=O) groups is 1. The summed E-state index contributed by atoms with van der Waals surface area (Å²) in [5.41, 5.74) is 2.04. The molecule has 6 heteroatoms. The summed E-state index contributed by atoms with van der Waals surface area (Å²) in [7, 11) is 0. The van der Waals surface area contributed by atoms with Gasteiger partial charge in [0.2, 0.25) is 5.69 Å². The lowest BCUT2D eigenvalue weighted by molar-refractivity contribution is 0.0169. The van der Waals surface area contributed by atoms with E-state index in [1.54, 1.807) is 16.2 Å². The fraction of sp³-hybridized carbons (Fsp3) is 0.607. The SMILES string of the molecule is CCC1CC2CCC2=CC1N1[C@H](C[C@H](C)n2c(=O)c(C(=O)O)nc3ccccc32)CCC[C@@H]1C. The van der Waals surface area contributed by atoms with Crippen molar-refractivity contribution in [1.29, 1.82) is 0 Å². The van der Waals surface area contributed by atoms with Gasteiger partial charge in [0.1, 0.15) is 0 Å². The van der Waals surface area contributed by atoms with Gasteiger partial charge in [0.25, 0.3) is 5.56 Å². The lowest BCUT2D eigenvalue weighted by atomic mass is 9.66. The van der Waals surface area contributed by atoms with Gasteiger partial charge >= 0.3 is 5.97 Å². The number of carboxylic acid groups (broad SMARTS) is 1. The van der Waals surface area contributed by atoms with Gasteiger partial charge in [0, 0.05) is 24.2 Å². The van der Waals surface area contributed by atoms with Crippen molar-refractivity contribution in [3.63, 3.8) is 0 Å². The second kappa shape index (κ2) is 9.29. The van der Waals surface area contributed by atoms with Crippen LogP contribution in [0.1, 0.15) is 88.7 Å². The molecule has 0 bridgehead atoms. The number of piperidine rings is 1. The Hall–Kier alpha value is -2.47. The second-order valence-electron chi connectivity index (χ2n) is 10.8. The highest BCUT2D eigenvalue weighted by molar-refractivity contribution is 5.88. The van der Waals surface area contributed by atoms with E-state index in [9.17, 15) is 14.7 Å². The number of para-hydroxylation sites is 2. The summed E-state index contributed by atoms with van der Waals surface area (Å²) in [4.78, 5) is 31.9. The Morgan fingerprint density at radius 3 is 2.74 bits per heavy atom. The average molecular weight is 464 g/mol. The van der Waals surface area contributed by atoms with Crippen LogP contribution in [0.25, 0.3) is 11.0 Å². The molecule has 6 atom stereocenters. The lowest BCUT2D eigenvalue weighted by Crippen LogP contribution is -2.55. The third kappa shape index (κ3) is 4.00. The minimum absolute atomic E-state index is 0.121. The van der Waals surface area contributed by atoms with E-state index >= 15 is 0 Å². The summed E-state index contributed by atoms with van der Waals surface area (Å²) in [6.45, 7) is 6.76. The quantitative estimate of drug-likeness (QED) is 0.579. The molecule has 1 saturated carbocycles. The van der Waals surface area contributed by atoms with Gasteiger partial charge in [-0.05, 0) is 76.3 Å². The van der Waals surface area contributed by atoms with Gasteiger partial charge < -0.3 is 9.67 Å². The molecule has 1 saturated heterocycles. The zero-order valence-corrected chi connectivity index (χ0v) is 20.6. The number of nitrogens with zero attached hydrogens (tertiary/aromatic N) is 3. The number of benzene rings is 1. The highest BCUT2D eigenvalue weighted by Crippen LogP contribution is 2.47. The largest absolute Gasteiger partial charge is 0.476 e. The van der Waals surface area contributed by atoms with E-state index in [0.717, 1.165) is 18.8 Å². The minimum Gasteiger partial charge on any atom is -0.476 e. The third-order valence-electron chi connectivity index (χ3n) is 8.77. The number of hydrogen-bond acceptors (Lipinski definition) is 4. The molecule has 0 amide bonds. The number of rotatable bonds is 6. The molecule has 3 aliphatic rings. The molecule has 2 fully saturated rings. The molecule has 2 aliphatic carbocycles. The van der Waals surface area contributed by atoms with Gasteiger partial charge in [-0.25, -0.2) is 9.78 Å². The van der Waals surface area contributed by atoms with Crippen molar-refractivity contribution < 1.29 is 9.90 Å². The molecule has 2 heterocycles. The molecule has 1 aromatic carbocycles. The summed E-state index contributed by atoms with van der Waals surface area (Å²) in [5.74, 6) is 0.240. The molecule has 34 heavy (non-hydrogen) atoms. The topological polar surface area (TPSA) is 75.4 Å². The van der Waals surface area contributed by atoms with Gasteiger partial charge in [0.15, 0.2) is 0 Å². The first-order valence-corrected chi connectivity index (χ1v) is 13.1. The summed E-state index contributed by atoms with van der Waals surface area (Å²) >= 11 is 0. The van der Waals surface area contributed by atoms with Crippen molar-refractivity contribution in [3.8, 4) is 0 Å². The predicted octanol–water partition coefficient (Wildman–Crippen LogP) is 5.42. The monoisotopic (exact) mass is 463 g/mol. The van der Waals surface area contributed by atoms with Crippen molar-refractivity contribution in [3.05, 3.63) is 52.0 Å². The zero-order chi connectivity index (χ0) is 24.0. The average Bonchev–Trinajstić information content (AvgIpc) is 2.80. The molecule has 1 N–H and O–H groups in total. The highest BCUT2D eigenvalue weighted by Gasteiger charge is 2.42. The second-order valence-corrected chi connectivity index (χ2v) is 10.8. The first-order chi connectivity index (χ1) is 16.4. The van der Waals surface area contributed by atoms with Crippen LogP contribution in [-0.2, 0) is 0 Å². The summed E-state index contributed by atoms with van der Waals surface area (Å²) < 4.78 is 1.68. The zero-order valence-electron chi connectivity index (χ0n) is 20.6. The van der Waals surface area contributed by atoms with Gasteiger partial charge in [-0.15, -0.1) is 0 Å². The summed E-state index contributed by atoms with van der Waals surface area (Å²) in [6.07, 6.45) is 12.1. The molecule has 1 aromatic heterocycles. The van der Waals surface area contributed by atoms with E-state index in [4.69, 9.17) is 0 Å². The third-order valence-corrected chi connectivity index (χ3v) is 8.77. The Morgan fingerprint density at radius 2 is 2.03 bits per heavy atom. The van der Waals surface area contributed by atoms with Crippen LogP contribution in [0.3, 0.4) is 0 Å². The Kier molecular flexibility index (Phi) is 6.36. The van der Waals surface area contributed by atoms with Gasteiger partial charge in [-0.3, -0.25) is 9.69 Å². The Labute approximate surface area is 201 Å². The van der Waals surface area contributed by atoms with Crippen molar-refractivity contribution in [2.45, 2.75) is 96.3 Å². The van der Waals surface area contributed by atoms with Crippen molar-refractivity contribution in [1.82, 2.24) is 14.5 Å². The van der Waals surface area contributed by atoms with Gasteiger partial charge in [-0.1, -0.05) is 43.5 Å². The lowest BCUT2D eigenvalue weighted by Gasteiger charge is -2.52. The van der Waals surface area contributed by atoms with E-state index in [-0.39, 0.29) is 6.04 Å². The Balaban J connectivity index is 1.50. The maximum Gasteiger partial charge on any atom is 0.360 e. The molecular formula is C28H37N3O3. The summed E-state index contributed by atoms with van der Waals surface area (Å²) in [5, 5.41) is 9.62. The number of fused-ring (bicyclic) bond motifs is 2. The van der Waals surface area contributed by atoms with Crippen LogP contribution in [0, 0.1) is 11.8 Å². The molecule has 0 spiro atoms. The van der Waals surface area contributed by atoms with E-state index < -0.39 is 17.2 Å². The Morgan fingerprint density at radius 1 is 1.24 bits per heavy atom. The fourth-order valence-corrected chi connectivity index (χ4v) is 6.92. The van der Waals surface area contributed by atoms with Crippen molar-refractivity contribution in [2.75, 3.05) is 0 Å². The number of allylic oxidation sites excluding steroid dienone is 1. The molecular weight excluding hydrogens is 426 g/mol. The number of likely N-dealkylation sites (tertiary alicyclic amines) is 1. The van der Waals surface area contributed by atoms with Crippen LogP contribution in [-0.4, -0.2) is 43.7 Å². The van der Waals surface area contributed by atoms with E-state index in [0.29, 0.717) is 35.1 Å². The number of carboxylic acids is 1. The first-order valence-electron chi connectivity index (χ1n) is 13.1. The molecule has 0 radical (unpaired) electrons. The Bertz CT molecular complexity index is 1170. The van der Waals surface area contributed by atoms with E-state index in [1.807, 2.05) is 18.2 Å². The highest BCUT2D eigenvalue weighted by atomic mass is 16.4. The predicted molar refractivity (Wildman–Crippen MR) is 134 cm³/mol. The van der Waals surface area contributed by atoms with Crippen LogP contribution in [0.2, 0.25) is 0 Å². The van der Waals surface area contributed by atoms with Crippen molar-refractivity contribution >= 4 is 17.0 Å². The van der Waals surface area contributed by atoms with E-state index in [1.165, 1.54) is 38.5 Å². The van der Waals surface area contributed by atoms with Crippen LogP contribution >= 0.6 is 0 Å². The van der Waals surface area contributed by atoms with Crippen LogP contribution in [0.5, 0.6) is 0 Å². The summed E-state index contributed by atoms with van der Waals surface area (Å²) in [6, 6.07) is 8.62. The van der Waals surface area contributed by atoms with Crippen LogP contribution < -0.4 is 5.56 Å². The molecule has 6 nitrogen and oxygen atoms in total. The van der Waals surface area contributed by atoms with Crippen LogP contribution in [0.4, 0.5) is 0 Å². The standard InChI is InChI=1S/C28H37N3O3/c1-4-19-15-20-12-13-21(20)16-25(19)30-17(2)8-7-9-22(30)14-18(3)31-24-11-6-5-10-23(24)29-26(27(31)32)28(33)34/h5-6,10-11,16-20,22,25H,4,7-9,12-15H2,1-3H3,(H,33,34)/t17-,18-,19?,20?,22-,25?/m0/s1. The normalized spacial score (nSPS) is 30.3. The first kappa shape index (κ1) is 23.3. The van der Waals surface area contributed by atoms with Crippen molar-refractivity contribution in [2.24, 2.45) is 11.8 Å². The van der Waals surface area contributed by atoms with E-state index in [2.05, 4.69) is 36.7 Å². The van der Waals surface area contributed by atoms with Gasteiger partial charge in [-0.2, -0.15) is 0 Å². The molecule has 2 aromatic rings.